The van der Waals surface area contributed by atoms with Crippen molar-refractivity contribution in [1.82, 2.24) is 4.98 Å². The van der Waals surface area contributed by atoms with Gasteiger partial charge >= 0.3 is 10.1 Å². The minimum absolute atomic E-state index is 0.150. The summed E-state index contributed by atoms with van der Waals surface area (Å²) < 4.78 is 31.6. The molecule has 0 aliphatic rings. The molecule has 0 radical (unpaired) electrons. The highest BCUT2D eigenvalue weighted by Gasteiger charge is 2.23. The van der Waals surface area contributed by atoms with E-state index in [4.69, 9.17) is 15.8 Å². The zero-order valence-corrected chi connectivity index (χ0v) is 16.6. The molecule has 3 rings (SSSR count). The fourth-order valence-electron chi connectivity index (χ4n) is 2.38. The number of rotatable bonds is 3. The molecule has 4 nitrogen and oxygen atoms in total. The first-order valence-corrected chi connectivity index (χ1v) is 9.91. The third kappa shape index (κ3) is 3.10. The maximum atomic E-state index is 12.8. The van der Waals surface area contributed by atoms with Crippen LogP contribution >= 0.6 is 34.2 Å². The molecular formula is C17H13ClINO3S. The second-order valence-electron chi connectivity index (χ2n) is 5.30. The minimum atomic E-state index is -3.98. The van der Waals surface area contributed by atoms with Crippen LogP contribution in [0.5, 0.6) is 5.75 Å². The summed E-state index contributed by atoms with van der Waals surface area (Å²) in [6, 6.07) is 10.3. The summed E-state index contributed by atoms with van der Waals surface area (Å²) in [7, 11) is -3.98. The van der Waals surface area contributed by atoms with Crippen molar-refractivity contribution in [2.24, 2.45) is 0 Å². The molecule has 0 bridgehead atoms. The first kappa shape index (κ1) is 17.4. The van der Waals surface area contributed by atoms with Crippen molar-refractivity contribution in [2.45, 2.75) is 18.7 Å². The average molecular weight is 474 g/mol. The van der Waals surface area contributed by atoms with Crippen LogP contribution in [0, 0.1) is 17.4 Å². The van der Waals surface area contributed by atoms with Gasteiger partial charge in [-0.25, -0.2) is 0 Å². The number of halogens is 2. The van der Waals surface area contributed by atoms with Crippen molar-refractivity contribution < 1.29 is 12.6 Å². The molecule has 0 saturated heterocycles. The minimum Gasteiger partial charge on any atom is -0.375 e. The van der Waals surface area contributed by atoms with Crippen molar-refractivity contribution in [3.63, 3.8) is 0 Å². The second kappa shape index (κ2) is 6.50. The van der Waals surface area contributed by atoms with Gasteiger partial charge in [-0.15, -0.1) is 0 Å². The number of fused-ring (bicyclic) bond motifs is 1. The van der Waals surface area contributed by atoms with Gasteiger partial charge < -0.3 is 4.18 Å². The summed E-state index contributed by atoms with van der Waals surface area (Å²) in [5.74, 6) is 0.191. The maximum Gasteiger partial charge on any atom is 0.339 e. The predicted octanol–water partition coefficient (Wildman–Crippen LogP) is 4.88. The molecule has 3 aromatic rings. The van der Waals surface area contributed by atoms with Crippen LogP contribution in [0.3, 0.4) is 0 Å². The van der Waals surface area contributed by atoms with Crippen LogP contribution in [0.1, 0.15) is 11.1 Å². The van der Waals surface area contributed by atoms with E-state index < -0.39 is 10.1 Å². The summed E-state index contributed by atoms with van der Waals surface area (Å²) >= 11 is 8.21. The van der Waals surface area contributed by atoms with Gasteiger partial charge in [-0.3, -0.25) is 4.98 Å². The molecule has 0 atom stereocenters. The molecule has 0 unspecified atom stereocenters. The largest absolute Gasteiger partial charge is 0.375 e. The molecule has 0 saturated carbocycles. The summed E-state index contributed by atoms with van der Waals surface area (Å²) in [6.45, 7) is 3.62. The zero-order chi connectivity index (χ0) is 17.5. The smallest absolute Gasteiger partial charge is 0.339 e. The fraction of sp³-hybridized carbons (Fsp3) is 0.118. The molecule has 1 aromatic heterocycles. The van der Waals surface area contributed by atoms with Crippen LogP contribution in [0.2, 0.25) is 5.02 Å². The number of hydrogen-bond acceptors (Lipinski definition) is 4. The normalized spacial score (nSPS) is 11.7. The molecule has 0 amide bonds. The van der Waals surface area contributed by atoms with E-state index in [1.54, 1.807) is 37.4 Å². The Balaban J connectivity index is 2.18. The summed E-state index contributed by atoms with van der Waals surface area (Å²) in [6.07, 6.45) is 1.58. The van der Waals surface area contributed by atoms with E-state index >= 15 is 0 Å². The standard InChI is InChI=1S/C17H13ClINO3S/c1-10-5-3-7-15(11(10)2)24(21,22)23-17-14(19)9-13(18)12-6-4-8-20-16(12)17/h3-9H,1-2H3. The molecule has 7 heteroatoms. The number of hydrogen-bond donors (Lipinski definition) is 0. The van der Waals surface area contributed by atoms with Crippen molar-refractivity contribution in [3.8, 4) is 5.75 Å². The van der Waals surface area contributed by atoms with Crippen LogP contribution in [0.15, 0.2) is 47.5 Å². The van der Waals surface area contributed by atoms with Gasteiger partial charge in [-0.2, -0.15) is 8.42 Å². The highest BCUT2D eigenvalue weighted by molar-refractivity contribution is 14.1. The topological polar surface area (TPSA) is 56.3 Å². The Morgan fingerprint density at radius 1 is 1.17 bits per heavy atom. The molecule has 1 heterocycles. The molecule has 0 aliphatic carbocycles. The van der Waals surface area contributed by atoms with Crippen LogP contribution in [0.25, 0.3) is 10.9 Å². The number of aromatic nitrogens is 1. The molecule has 0 N–H and O–H groups in total. The Bertz CT molecular complexity index is 1050. The molecule has 24 heavy (non-hydrogen) atoms. The van der Waals surface area contributed by atoms with Gasteiger partial charge in [-0.05, 0) is 71.8 Å². The summed E-state index contributed by atoms with van der Waals surface area (Å²) in [5, 5.41) is 1.14. The Morgan fingerprint density at radius 3 is 2.67 bits per heavy atom. The number of aryl methyl sites for hydroxylation is 1. The fourth-order valence-corrected chi connectivity index (χ4v) is 4.91. The van der Waals surface area contributed by atoms with Gasteiger partial charge in [0.25, 0.3) is 0 Å². The van der Waals surface area contributed by atoms with Crippen LogP contribution in [-0.4, -0.2) is 13.4 Å². The lowest BCUT2D eigenvalue weighted by molar-refractivity contribution is 0.486. The Kier molecular flexibility index (Phi) is 4.72. The second-order valence-corrected chi connectivity index (χ2v) is 8.39. The SMILES string of the molecule is Cc1cccc(S(=O)(=O)Oc2c(I)cc(Cl)c3cccnc23)c1C. The van der Waals surface area contributed by atoms with Crippen LogP contribution < -0.4 is 4.18 Å². The number of nitrogens with zero attached hydrogens (tertiary/aromatic N) is 1. The third-order valence-corrected chi connectivity index (χ3v) is 6.25. The van der Waals surface area contributed by atoms with Gasteiger partial charge in [0.15, 0.2) is 5.75 Å². The number of pyridine rings is 1. The Morgan fingerprint density at radius 2 is 1.92 bits per heavy atom. The molecular weight excluding hydrogens is 461 g/mol. The van der Waals surface area contributed by atoms with Crippen LogP contribution in [0.4, 0.5) is 0 Å². The van der Waals surface area contributed by atoms with E-state index in [0.29, 0.717) is 25.1 Å². The lowest BCUT2D eigenvalue weighted by Gasteiger charge is -2.14. The van der Waals surface area contributed by atoms with E-state index in [2.05, 4.69) is 4.98 Å². The lowest BCUT2D eigenvalue weighted by atomic mass is 10.1. The van der Waals surface area contributed by atoms with E-state index in [9.17, 15) is 8.42 Å². The van der Waals surface area contributed by atoms with Gasteiger partial charge in [0, 0.05) is 11.6 Å². The third-order valence-electron chi connectivity index (χ3n) is 3.77. The monoisotopic (exact) mass is 473 g/mol. The Labute approximate surface area is 159 Å². The quantitative estimate of drug-likeness (QED) is 0.402. The van der Waals surface area contributed by atoms with Gasteiger partial charge in [0.1, 0.15) is 10.4 Å². The Hall–Kier alpha value is -1.38. The molecule has 0 spiro atoms. The zero-order valence-electron chi connectivity index (χ0n) is 12.9. The molecule has 124 valence electrons. The lowest BCUT2D eigenvalue weighted by Crippen LogP contribution is -2.13. The maximum absolute atomic E-state index is 12.8. The molecule has 2 aromatic carbocycles. The van der Waals surface area contributed by atoms with Gasteiger partial charge in [0.2, 0.25) is 0 Å². The van der Waals surface area contributed by atoms with E-state index in [1.165, 1.54) is 6.07 Å². The van der Waals surface area contributed by atoms with Crippen molar-refractivity contribution in [2.75, 3.05) is 0 Å². The van der Waals surface area contributed by atoms with Crippen molar-refractivity contribution in [1.29, 1.82) is 0 Å². The van der Waals surface area contributed by atoms with Gasteiger partial charge in [0.05, 0.1) is 8.59 Å². The molecule has 0 aliphatic heterocycles. The predicted molar refractivity (Wildman–Crippen MR) is 103 cm³/mol. The average Bonchev–Trinajstić information content (AvgIpc) is 2.54. The van der Waals surface area contributed by atoms with Crippen molar-refractivity contribution in [3.05, 3.63) is 62.3 Å². The summed E-state index contributed by atoms with van der Waals surface area (Å²) in [5.41, 5.74) is 1.97. The highest BCUT2D eigenvalue weighted by Crippen LogP contribution is 2.36. The highest BCUT2D eigenvalue weighted by atomic mass is 127. The first-order valence-electron chi connectivity index (χ1n) is 7.04. The summed E-state index contributed by atoms with van der Waals surface area (Å²) in [4.78, 5) is 4.39. The van der Waals surface area contributed by atoms with Crippen molar-refractivity contribution >= 4 is 55.2 Å². The van der Waals surface area contributed by atoms with E-state index in [1.807, 2.05) is 35.6 Å². The number of benzene rings is 2. The first-order chi connectivity index (χ1) is 11.3. The molecule has 0 fully saturated rings. The van der Waals surface area contributed by atoms with E-state index in [0.717, 1.165) is 5.56 Å². The van der Waals surface area contributed by atoms with E-state index in [-0.39, 0.29) is 10.6 Å². The van der Waals surface area contributed by atoms with Gasteiger partial charge in [-0.1, -0.05) is 23.7 Å². The van der Waals surface area contributed by atoms with Crippen LogP contribution in [-0.2, 0) is 10.1 Å².